The molecule has 11 heteroatoms. The molecule has 2 aromatic carbocycles. The first-order chi connectivity index (χ1) is 26.0. The zero-order chi connectivity index (χ0) is 37.7. The Morgan fingerprint density at radius 2 is 1.85 bits per heavy atom. The predicted molar refractivity (Wildman–Crippen MR) is 204 cm³/mol. The largest absolute Gasteiger partial charge is 0.496 e. The summed E-state index contributed by atoms with van der Waals surface area (Å²) in [4.78, 5) is 35.9. The van der Waals surface area contributed by atoms with Crippen LogP contribution in [-0.4, -0.2) is 94.2 Å². The van der Waals surface area contributed by atoms with E-state index in [2.05, 4.69) is 50.5 Å². The molecule has 1 unspecified atom stereocenters. The smallest absolute Gasteiger partial charge is 0.303 e. The number of nitrogens with one attached hydrogen (secondary N) is 3. The first-order valence-electron chi connectivity index (χ1n) is 19.6. The number of aromatic nitrogens is 2. The molecule has 286 valence electrons. The van der Waals surface area contributed by atoms with Crippen LogP contribution in [0.4, 0.5) is 0 Å². The minimum atomic E-state index is -1.18. The number of para-hydroxylation sites is 1. The van der Waals surface area contributed by atoms with Gasteiger partial charge in [0.15, 0.2) is 11.2 Å². The maximum Gasteiger partial charge on any atom is 0.303 e. The Morgan fingerprint density at radius 1 is 1.06 bits per heavy atom. The lowest BCUT2D eigenvalue weighted by Gasteiger charge is -2.58. The van der Waals surface area contributed by atoms with E-state index in [1.54, 1.807) is 7.11 Å². The SMILES string of the molecule is C/C=C1\CN[C@@H]2Cc3c([nH]c4ccccc34)[C@@H](c3cc4c5c([nH]c4cc3OC)[C@]3(OC(C)=O)C[C@H]4C[C@H]([C@H](C)O)[C@@H]3N(CC5)C4)C[C@H]1[C@@]2(CO)OC(C)=O. The van der Waals surface area contributed by atoms with Crippen LogP contribution in [0, 0.1) is 17.8 Å². The van der Waals surface area contributed by atoms with Gasteiger partial charge in [0, 0.05) is 90.4 Å². The van der Waals surface area contributed by atoms with Crippen molar-refractivity contribution >= 4 is 33.7 Å². The summed E-state index contributed by atoms with van der Waals surface area (Å²) in [6.07, 6.45) is 5.06. The molecule has 5 N–H and O–H groups in total. The van der Waals surface area contributed by atoms with Gasteiger partial charge in [0.1, 0.15) is 5.75 Å². The highest BCUT2D eigenvalue weighted by Gasteiger charge is 2.62. The van der Waals surface area contributed by atoms with Gasteiger partial charge in [-0.3, -0.25) is 14.5 Å². The number of H-pyrrole nitrogens is 2. The van der Waals surface area contributed by atoms with Gasteiger partial charge in [-0.15, -0.1) is 0 Å². The van der Waals surface area contributed by atoms with Crippen molar-refractivity contribution in [1.82, 2.24) is 20.2 Å². The first kappa shape index (κ1) is 35.5. The molecule has 0 amide bonds. The second-order valence-corrected chi connectivity index (χ2v) is 16.6. The number of carbonyl (C=O) groups excluding carboxylic acids is 2. The van der Waals surface area contributed by atoms with E-state index in [-0.39, 0.29) is 42.4 Å². The molecule has 0 radical (unpaired) electrons. The van der Waals surface area contributed by atoms with Crippen molar-refractivity contribution in [2.45, 2.75) is 95.1 Å². The molecule has 0 spiro atoms. The average Bonchev–Trinajstić information content (AvgIpc) is 3.67. The molecule has 6 aliphatic rings. The second-order valence-electron chi connectivity index (χ2n) is 16.6. The van der Waals surface area contributed by atoms with E-state index in [1.807, 2.05) is 26.0 Å². The lowest BCUT2D eigenvalue weighted by molar-refractivity contribution is -0.208. The summed E-state index contributed by atoms with van der Waals surface area (Å²) >= 11 is 0. The van der Waals surface area contributed by atoms with Gasteiger partial charge in [-0.05, 0) is 75.1 Å². The van der Waals surface area contributed by atoms with Gasteiger partial charge in [-0.1, -0.05) is 29.8 Å². The number of fused-ring (bicyclic) bond motifs is 9. The molecule has 10 rings (SSSR count). The Hall–Kier alpha value is -4.16. The minimum absolute atomic E-state index is 0.0201. The van der Waals surface area contributed by atoms with E-state index in [0.717, 1.165) is 87.1 Å². The van der Waals surface area contributed by atoms with Crippen LogP contribution in [0.15, 0.2) is 48.0 Å². The van der Waals surface area contributed by atoms with Crippen LogP contribution >= 0.6 is 0 Å². The number of aromatic amines is 2. The monoisotopic (exact) mass is 736 g/mol. The number of benzene rings is 2. The number of allylic oxidation sites excluding steroid dienone is 1. The van der Waals surface area contributed by atoms with E-state index in [0.29, 0.717) is 31.7 Å². The third kappa shape index (κ3) is 5.14. The summed E-state index contributed by atoms with van der Waals surface area (Å²) in [7, 11) is 1.70. The summed E-state index contributed by atoms with van der Waals surface area (Å²) in [5, 5.41) is 28.2. The van der Waals surface area contributed by atoms with Crippen molar-refractivity contribution in [2.75, 3.05) is 33.4 Å². The Morgan fingerprint density at radius 3 is 2.57 bits per heavy atom. The van der Waals surface area contributed by atoms with E-state index in [9.17, 15) is 19.8 Å². The molecule has 3 saturated heterocycles. The molecule has 1 saturated carbocycles. The molecular weight excluding hydrogens is 684 g/mol. The fourth-order valence-corrected chi connectivity index (χ4v) is 11.8. The highest BCUT2D eigenvalue weighted by Crippen LogP contribution is 2.57. The van der Waals surface area contributed by atoms with Crippen molar-refractivity contribution in [3.63, 3.8) is 0 Å². The number of ether oxygens (including phenoxy) is 3. The molecule has 4 aliphatic heterocycles. The van der Waals surface area contributed by atoms with Crippen molar-refractivity contribution in [3.05, 3.63) is 76.1 Å². The quantitative estimate of drug-likeness (QED) is 0.137. The molecule has 4 fully saturated rings. The Kier molecular flexibility index (Phi) is 8.53. The Bertz CT molecular complexity index is 2190. The van der Waals surface area contributed by atoms with Gasteiger partial charge in [-0.2, -0.15) is 0 Å². The molecule has 6 bridgehead atoms. The van der Waals surface area contributed by atoms with Crippen molar-refractivity contribution in [2.24, 2.45) is 17.8 Å². The number of aliphatic hydroxyl groups is 2. The molecule has 6 heterocycles. The molecule has 2 aliphatic carbocycles. The summed E-state index contributed by atoms with van der Waals surface area (Å²) in [6, 6.07) is 12.2. The third-order valence-electron chi connectivity index (χ3n) is 13.8. The van der Waals surface area contributed by atoms with Gasteiger partial charge < -0.3 is 39.7 Å². The molecule has 2 aromatic heterocycles. The molecule has 11 nitrogen and oxygen atoms in total. The second kappa shape index (κ2) is 13.0. The highest BCUT2D eigenvalue weighted by atomic mass is 16.6. The summed E-state index contributed by atoms with van der Waals surface area (Å²) < 4.78 is 19.1. The van der Waals surface area contributed by atoms with Gasteiger partial charge in [0.2, 0.25) is 0 Å². The zero-order valence-electron chi connectivity index (χ0n) is 31.8. The lowest BCUT2D eigenvalue weighted by atomic mass is 9.62. The number of esters is 2. The van der Waals surface area contributed by atoms with Crippen LogP contribution in [0.5, 0.6) is 5.75 Å². The van der Waals surface area contributed by atoms with Crippen LogP contribution in [0.1, 0.15) is 81.0 Å². The van der Waals surface area contributed by atoms with Crippen LogP contribution in [0.2, 0.25) is 0 Å². The van der Waals surface area contributed by atoms with Crippen LogP contribution in [0.25, 0.3) is 21.8 Å². The Labute approximate surface area is 315 Å². The van der Waals surface area contributed by atoms with Crippen LogP contribution in [-0.2, 0) is 37.5 Å². The number of aliphatic hydroxyl groups excluding tert-OH is 2. The first-order valence-corrected chi connectivity index (χ1v) is 19.6. The predicted octanol–water partition coefficient (Wildman–Crippen LogP) is 4.97. The lowest BCUT2D eigenvalue weighted by Crippen LogP contribution is -2.67. The number of nitrogens with zero attached hydrogens (tertiary/aromatic N) is 1. The van der Waals surface area contributed by atoms with Gasteiger partial charge in [0.25, 0.3) is 0 Å². The van der Waals surface area contributed by atoms with Crippen molar-refractivity contribution < 1.29 is 34.0 Å². The Balaban J connectivity index is 1.28. The number of hydrogen-bond donors (Lipinski definition) is 5. The zero-order valence-corrected chi connectivity index (χ0v) is 31.8. The van der Waals surface area contributed by atoms with E-state index in [4.69, 9.17) is 14.2 Å². The molecule has 54 heavy (non-hydrogen) atoms. The van der Waals surface area contributed by atoms with E-state index in [1.165, 1.54) is 13.8 Å². The van der Waals surface area contributed by atoms with E-state index >= 15 is 0 Å². The summed E-state index contributed by atoms with van der Waals surface area (Å²) in [5.41, 5.74) is 6.24. The number of carbonyl (C=O) groups is 2. The molecule has 10 atom stereocenters. The number of hydrogen-bond acceptors (Lipinski definition) is 9. The van der Waals surface area contributed by atoms with Crippen molar-refractivity contribution in [3.8, 4) is 5.75 Å². The number of methoxy groups -OCH3 is 1. The molecule has 4 aromatic rings. The minimum Gasteiger partial charge on any atom is -0.496 e. The number of piperidine rings is 3. The van der Waals surface area contributed by atoms with Crippen LogP contribution in [0.3, 0.4) is 0 Å². The van der Waals surface area contributed by atoms with Crippen molar-refractivity contribution in [1.29, 1.82) is 0 Å². The maximum absolute atomic E-state index is 13.0. The van der Waals surface area contributed by atoms with Crippen LogP contribution < -0.4 is 10.1 Å². The summed E-state index contributed by atoms with van der Waals surface area (Å²) in [5.74, 6) is -0.235. The normalized spacial score (nSPS) is 34.1. The summed E-state index contributed by atoms with van der Waals surface area (Å²) in [6.45, 7) is 8.84. The number of rotatable bonds is 6. The van der Waals surface area contributed by atoms with Gasteiger partial charge in [-0.25, -0.2) is 0 Å². The van der Waals surface area contributed by atoms with Gasteiger partial charge in [0.05, 0.1) is 37.6 Å². The maximum atomic E-state index is 13.0. The van der Waals surface area contributed by atoms with Gasteiger partial charge >= 0.3 is 11.9 Å². The third-order valence-corrected chi connectivity index (χ3v) is 13.8. The average molecular weight is 737 g/mol. The van der Waals surface area contributed by atoms with E-state index < -0.39 is 23.3 Å². The topological polar surface area (TPSA) is 149 Å². The highest BCUT2D eigenvalue weighted by molar-refractivity contribution is 5.89. The standard InChI is InChI=1S/C43H52N4O7/c1-6-26-19-44-38-16-33-27-9-7-8-10-35(27)45-39(33)32(15-34(26)43(38,21-48)54-24(4)51)31-14-30-28-11-12-47-20-25-13-29(22(2)49)41(47)42(18-25,53-23(3)50)40(28)46-36(30)17-37(31)52-5/h6-10,14,17,22,25,29,32,34,38,41,44-46,48-49H,11-13,15-16,18-21H2,1-5H3/b26-6+/t22-,25+,29+,32+,34+,38+,41-,42+,43+/m0/s1. The fourth-order valence-electron chi connectivity index (χ4n) is 11.8. The molecular formula is C43H52N4O7. The fraction of sp³-hybridized carbons (Fsp3) is 0.535.